The number of carbonyl (C=O) groups is 1. The fourth-order valence-corrected chi connectivity index (χ4v) is 2.50. The SMILES string of the molecule is CCc1cc(N2CCC(NC(=O)[C@@H](N)CC)CC2)ncn1.Cl.Cl. The maximum atomic E-state index is 11.8. The van der Waals surface area contributed by atoms with Crippen LogP contribution in [-0.2, 0) is 11.2 Å². The van der Waals surface area contributed by atoms with Gasteiger partial charge in [-0.2, -0.15) is 0 Å². The molecule has 1 aliphatic heterocycles. The molecular formula is C15H27Cl2N5O. The summed E-state index contributed by atoms with van der Waals surface area (Å²) < 4.78 is 0. The number of anilines is 1. The first-order chi connectivity index (χ1) is 10.1. The van der Waals surface area contributed by atoms with Crippen molar-refractivity contribution in [1.82, 2.24) is 15.3 Å². The van der Waals surface area contributed by atoms with Gasteiger partial charge in [0.05, 0.1) is 6.04 Å². The molecule has 23 heavy (non-hydrogen) atoms. The van der Waals surface area contributed by atoms with Crippen molar-refractivity contribution in [3.8, 4) is 0 Å². The molecule has 0 aliphatic carbocycles. The molecule has 0 radical (unpaired) electrons. The lowest BCUT2D eigenvalue weighted by Gasteiger charge is -2.33. The van der Waals surface area contributed by atoms with Gasteiger partial charge in [-0.3, -0.25) is 4.79 Å². The molecule has 0 spiro atoms. The van der Waals surface area contributed by atoms with Crippen molar-refractivity contribution >= 4 is 36.5 Å². The largest absolute Gasteiger partial charge is 0.356 e. The monoisotopic (exact) mass is 363 g/mol. The van der Waals surface area contributed by atoms with Gasteiger partial charge in [-0.25, -0.2) is 9.97 Å². The van der Waals surface area contributed by atoms with Crippen molar-refractivity contribution in [2.24, 2.45) is 5.73 Å². The van der Waals surface area contributed by atoms with Gasteiger partial charge in [-0.05, 0) is 25.7 Å². The van der Waals surface area contributed by atoms with Gasteiger partial charge < -0.3 is 16.0 Å². The lowest BCUT2D eigenvalue weighted by molar-refractivity contribution is -0.123. The number of hydrogen-bond acceptors (Lipinski definition) is 5. The molecule has 0 unspecified atom stereocenters. The fraction of sp³-hybridized carbons (Fsp3) is 0.667. The maximum Gasteiger partial charge on any atom is 0.237 e. The van der Waals surface area contributed by atoms with E-state index < -0.39 is 6.04 Å². The summed E-state index contributed by atoms with van der Waals surface area (Å²) in [5.41, 5.74) is 6.80. The van der Waals surface area contributed by atoms with Crippen LogP contribution in [-0.4, -0.2) is 41.0 Å². The summed E-state index contributed by atoms with van der Waals surface area (Å²) in [7, 11) is 0. The van der Waals surface area contributed by atoms with Crippen molar-refractivity contribution in [2.45, 2.75) is 51.6 Å². The van der Waals surface area contributed by atoms with E-state index in [-0.39, 0.29) is 36.8 Å². The Hall–Kier alpha value is -1.11. The van der Waals surface area contributed by atoms with E-state index in [1.807, 2.05) is 13.0 Å². The van der Waals surface area contributed by atoms with Crippen molar-refractivity contribution in [3.05, 3.63) is 18.1 Å². The van der Waals surface area contributed by atoms with Gasteiger partial charge in [0.2, 0.25) is 5.91 Å². The third kappa shape index (κ3) is 6.12. The zero-order chi connectivity index (χ0) is 15.2. The molecule has 1 aliphatic rings. The molecule has 132 valence electrons. The molecule has 0 bridgehead atoms. The second-order valence-corrected chi connectivity index (χ2v) is 5.51. The van der Waals surface area contributed by atoms with Gasteiger partial charge in [0, 0.05) is 30.9 Å². The average Bonchev–Trinajstić information content (AvgIpc) is 2.54. The highest BCUT2D eigenvalue weighted by atomic mass is 35.5. The molecule has 8 heteroatoms. The molecule has 1 amide bonds. The smallest absolute Gasteiger partial charge is 0.237 e. The molecule has 2 heterocycles. The number of nitrogens with one attached hydrogen (secondary N) is 1. The molecule has 6 nitrogen and oxygen atoms in total. The predicted molar refractivity (Wildman–Crippen MR) is 97.6 cm³/mol. The Bertz CT molecular complexity index is 481. The number of amides is 1. The minimum atomic E-state index is -0.392. The maximum absolute atomic E-state index is 11.8. The van der Waals surface area contributed by atoms with Crippen LogP contribution in [0.25, 0.3) is 0 Å². The Morgan fingerprint density at radius 3 is 2.57 bits per heavy atom. The Labute approximate surface area is 150 Å². The van der Waals surface area contributed by atoms with Crippen molar-refractivity contribution < 1.29 is 4.79 Å². The summed E-state index contributed by atoms with van der Waals surface area (Å²) in [6, 6.07) is 1.88. The highest BCUT2D eigenvalue weighted by Crippen LogP contribution is 2.18. The standard InChI is InChI=1S/C15H25N5O.2ClH/c1-3-11-9-14(18-10-17-11)20-7-5-12(6-8-20)19-15(21)13(16)4-2;;/h9-10,12-13H,3-8,16H2,1-2H3,(H,19,21);2*1H/t13-;;/m0../s1. The summed E-state index contributed by atoms with van der Waals surface area (Å²) in [6.45, 7) is 5.80. The van der Waals surface area contributed by atoms with Gasteiger partial charge in [0.25, 0.3) is 0 Å². The van der Waals surface area contributed by atoms with E-state index in [2.05, 4.69) is 27.1 Å². The van der Waals surface area contributed by atoms with E-state index in [1.165, 1.54) is 0 Å². The molecule has 1 aromatic heterocycles. The minimum Gasteiger partial charge on any atom is -0.356 e. The molecule has 1 aromatic rings. The number of halogens is 2. The second kappa shape index (κ2) is 10.6. The third-order valence-corrected chi connectivity index (χ3v) is 4.01. The van der Waals surface area contributed by atoms with E-state index in [4.69, 9.17) is 5.73 Å². The van der Waals surface area contributed by atoms with Crippen LogP contribution in [0.2, 0.25) is 0 Å². The third-order valence-electron chi connectivity index (χ3n) is 4.01. The normalized spacial score (nSPS) is 16.0. The summed E-state index contributed by atoms with van der Waals surface area (Å²) in [5, 5.41) is 3.04. The average molecular weight is 364 g/mol. The van der Waals surface area contributed by atoms with E-state index >= 15 is 0 Å². The van der Waals surface area contributed by atoms with Gasteiger partial charge in [0.1, 0.15) is 12.1 Å². The Balaban J connectivity index is 0.00000242. The highest BCUT2D eigenvalue weighted by molar-refractivity contribution is 5.85. The first-order valence-corrected chi connectivity index (χ1v) is 7.75. The van der Waals surface area contributed by atoms with Gasteiger partial charge >= 0.3 is 0 Å². The van der Waals surface area contributed by atoms with Gasteiger partial charge in [0.15, 0.2) is 0 Å². The van der Waals surface area contributed by atoms with Crippen LogP contribution in [0.3, 0.4) is 0 Å². The van der Waals surface area contributed by atoms with Crippen LogP contribution >= 0.6 is 24.8 Å². The molecule has 1 atom stereocenters. The zero-order valence-corrected chi connectivity index (χ0v) is 15.3. The van der Waals surface area contributed by atoms with Crippen LogP contribution < -0.4 is 16.0 Å². The number of hydrogen-bond donors (Lipinski definition) is 2. The van der Waals surface area contributed by atoms with Gasteiger partial charge in [-0.15, -0.1) is 24.8 Å². The first-order valence-electron chi connectivity index (χ1n) is 7.75. The molecule has 0 saturated carbocycles. The van der Waals surface area contributed by atoms with E-state index in [0.717, 1.165) is 43.9 Å². The Morgan fingerprint density at radius 2 is 2.00 bits per heavy atom. The summed E-state index contributed by atoms with van der Waals surface area (Å²) in [4.78, 5) is 22.6. The number of carbonyl (C=O) groups excluding carboxylic acids is 1. The van der Waals surface area contributed by atoms with Crippen LogP contribution in [0.15, 0.2) is 12.4 Å². The summed E-state index contributed by atoms with van der Waals surface area (Å²) >= 11 is 0. The Kier molecular flexibility index (Phi) is 10.1. The van der Waals surface area contributed by atoms with Gasteiger partial charge in [-0.1, -0.05) is 13.8 Å². The lowest BCUT2D eigenvalue weighted by atomic mass is 10.0. The van der Waals surface area contributed by atoms with Crippen molar-refractivity contribution in [3.63, 3.8) is 0 Å². The van der Waals surface area contributed by atoms with Crippen molar-refractivity contribution in [1.29, 1.82) is 0 Å². The van der Waals surface area contributed by atoms with Crippen LogP contribution in [0, 0.1) is 0 Å². The Morgan fingerprint density at radius 1 is 1.35 bits per heavy atom. The number of rotatable bonds is 5. The quantitative estimate of drug-likeness (QED) is 0.831. The zero-order valence-electron chi connectivity index (χ0n) is 13.7. The molecule has 2 rings (SSSR count). The summed E-state index contributed by atoms with van der Waals surface area (Å²) in [6.07, 6.45) is 5.06. The highest BCUT2D eigenvalue weighted by Gasteiger charge is 2.23. The van der Waals surface area contributed by atoms with E-state index in [1.54, 1.807) is 6.33 Å². The minimum absolute atomic E-state index is 0. The van der Waals surface area contributed by atoms with Crippen LogP contribution in [0.4, 0.5) is 5.82 Å². The van der Waals surface area contributed by atoms with Crippen LogP contribution in [0.1, 0.15) is 38.8 Å². The molecule has 1 saturated heterocycles. The number of nitrogens with zero attached hydrogens (tertiary/aromatic N) is 3. The summed E-state index contributed by atoms with van der Waals surface area (Å²) in [5.74, 6) is 0.947. The first kappa shape index (κ1) is 21.9. The van der Waals surface area contributed by atoms with E-state index in [0.29, 0.717) is 6.42 Å². The topological polar surface area (TPSA) is 84.1 Å². The second-order valence-electron chi connectivity index (χ2n) is 5.51. The predicted octanol–water partition coefficient (Wildman–Crippen LogP) is 1.70. The molecule has 0 aromatic carbocycles. The fourth-order valence-electron chi connectivity index (χ4n) is 2.50. The van der Waals surface area contributed by atoms with Crippen LogP contribution in [0.5, 0.6) is 0 Å². The number of piperidine rings is 1. The number of aryl methyl sites for hydroxylation is 1. The lowest BCUT2D eigenvalue weighted by Crippen LogP contribution is -2.49. The van der Waals surface area contributed by atoms with Crippen molar-refractivity contribution in [2.75, 3.05) is 18.0 Å². The number of nitrogens with two attached hydrogens (primary N) is 1. The molecule has 3 N–H and O–H groups in total. The molecular weight excluding hydrogens is 337 g/mol. The number of aromatic nitrogens is 2. The van der Waals surface area contributed by atoms with E-state index in [9.17, 15) is 4.79 Å². The molecule has 1 fully saturated rings.